The minimum absolute atomic E-state index is 0.0000942. The molecule has 2 N–H and O–H groups in total. The highest BCUT2D eigenvalue weighted by Gasteiger charge is 2.20. The van der Waals surface area contributed by atoms with Gasteiger partial charge in [0.05, 0.1) is 4.92 Å². The molecule has 0 spiro atoms. The van der Waals surface area contributed by atoms with Crippen molar-refractivity contribution in [2.45, 2.75) is 19.4 Å². The molecule has 0 aliphatic rings. The Balaban J connectivity index is 3.07. The molecule has 90 valence electrons. The number of nitro groups is 1. The number of hydrogen-bond acceptors (Lipinski definition) is 5. The highest BCUT2D eigenvalue weighted by molar-refractivity contribution is 5.68. The van der Waals surface area contributed by atoms with Gasteiger partial charge in [0.15, 0.2) is 0 Å². The summed E-state index contributed by atoms with van der Waals surface area (Å²) in [5, 5.41) is 31.4. The van der Waals surface area contributed by atoms with Crippen molar-refractivity contribution >= 4 is 11.4 Å². The smallest absolute Gasteiger partial charge is 0.309 e. The summed E-state index contributed by atoms with van der Waals surface area (Å²) in [6, 6.07) is 6.22. The second-order valence-corrected chi connectivity index (χ2v) is 3.63. The Hall–Kier alpha value is -2.13. The van der Waals surface area contributed by atoms with Crippen LogP contribution in [-0.2, 0) is 0 Å². The highest BCUT2D eigenvalue weighted by Crippen LogP contribution is 2.28. The lowest BCUT2D eigenvalue weighted by Gasteiger charge is -2.14. The molecule has 0 aliphatic carbocycles. The number of aliphatic hydroxyl groups excluding tert-OH is 1. The van der Waals surface area contributed by atoms with E-state index in [-0.39, 0.29) is 23.9 Å². The number of para-hydroxylation sites is 1. The number of nitriles is 1. The van der Waals surface area contributed by atoms with Crippen molar-refractivity contribution in [3.05, 3.63) is 33.9 Å². The van der Waals surface area contributed by atoms with Gasteiger partial charge in [-0.25, -0.2) is 0 Å². The molecule has 6 nitrogen and oxygen atoms in total. The fraction of sp³-hybridized carbons (Fsp3) is 0.364. The predicted molar refractivity (Wildman–Crippen MR) is 62.6 cm³/mol. The first-order chi connectivity index (χ1) is 8.10. The Labute approximate surface area is 98.6 Å². The van der Waals surface area contributed by atoms with Crippen LogP contribution in [-0.4, -0.2) is 22.7 Å². The SMILES string of the molecule is CC(CCO)Nc1cccc(C#N)c1[N+](=O)[O-]. The number of benzene rings is 1. The largest absolute Gasteiger partial charge is 0.396 e. The van der Waals surface area contributed by atoms with Crippen molar-refractivity contribution in [1.29, 1.82) is 5.26 Å². The summed E-state index contributed by atoms with van der Waals surface area (Å²) < 4.78 is 0. The van der Waals surface area contributed by atoms with Gasteiger partial charge < -0.3 is 10.4 Å². The fourth-order valence-electron chi connectivity index (χ4n) is 1.48. The third-order valence-corrected chi connectivity index (χ3v) is 2.30. The van der Waals surface area contributed by atoms with Gasteiger partial charge in [0.25, 0.3) is 0 Å². The minimum Gasteiger partial charge on any atom is -0.396 e. The first kappa shape index (κ1) is 12.9. The molecule has 0 radical (unpaired) electrons. The van der Waals surface area contributed by atoms with Gasteiger partial charge in [0, 0.05) is 12.6 Å². The minimum atomic E-state index is -0.577. The summed E-state index contributed by atoms with van der Waals surface area (Å²) >= 11 is 0. The number of rotatable bonds is 5. The molecule has 0 amide bonds. The number of hydrogen-bond donors (Lipinski definition) is 2. The average molecular weight is 235 g/mol. The predicted octanol–water partition coefficient (Wildman–Crippen LogP) is 1.65. The van der Waals surface area contributed by atoms with Crippen molar-refractivity contribution in [2.75, 3.05) is 11.9 Å². The van der Waals surface area contributed by atoms with E-state index in [1.807, 2.05) is 0 Å². The molecule has 1 rings (SSSR count). The maximum Gasteiger partial charge on any atom is 0.309 e. The van der Waals surface area contributed by atoms with Crippen molar-refractivity contribution in [3.8, 4) is 6.07 Å². The molecular weight excluding hydrogens is 222 g/mol. The van der Waals surface area contributed by atoms with Crippen molar-refractivity contribution < 1.29 is 10.0 Å². The van der Waals surface area contributed by atoms with Crippen LogP contribution in [0.25, 0.3) is 0 Å². The topological polar surface area (TPSA) is 99.2 Å². The molecule has 0 fully saturated rings. The van der Waals surface area contributed by atoms with Gasteiger partial charge in [-0.1, -0.05) is 6.07 Å². The van der Waals surface area contributed by atoms with Crippen LogP contribution in [0.2, 0.25) is 0 Å². The molecule has 0 aromatic heterocycles. The van der Waals surface area contributed by atoms with Crippen LogP contribution in [0.4, 0.5) is 11.4 Å². The quantitative estimate of drug-likeness (QED) is 0.597. The monoisotopic (exact) mass is 235 g/mol. The summed E-state index contributed by atoms with van der Waals surface area (Å²) in [4.78, 5) is 10.3. The molecule has 0 bridgehead atoms. The van der Waals surface area contributed by atoms with Gasteiger partial charge in [-0.05, 0) is 25.5 Å². The van der Waals surface area contributed by atoms with Crippen LogP contribution in [0.5, 0.6) is 0 Å². The maximum absolute atomic E-state index is 10.9. The van der Waals surface area contributed by atoms with E-state index in [1.54, 1.807) is 25.1 Å². The number of anilines is 1. The summed E-state index contributed by atoms with van der Waals surface area (Å²) in [6.45, 7) is 1.80. The Morgan fingerprint density at radius 1 is 1.65 bits per heavy atom. The lowest BCUT2D eigenvalue weighted by molar-refractivity contribution is -0.384. The van der Waals surface area contributed by atoms with Crippen LogP contribution in [0.1, 0.15) is 18.9 Å². The van der Waals surface area contributed by atoms with E-state index in [0.29, 0.717) is 12.1 Å². The van der Waals surface area contributed by atoms with Gasteiger partial charge in [-0.3, -0.25) is 10.1 Å². The highest BCUT2D eigenvalue weighted by atomic mass is 16.6. The first-order valence-electron chi connectivity index (χ1n) is 5.15. The molecule has 0 heterocycles. The number of nitrogens with zero attached hydrogens (tertiary/aromatic N) is 2. The second-order valence-electron chi connectivity index (χ2n) is 3.63. The van der Waals surface area contributed by atoms with E-state index in [4.69, 9.17) is 10.4 Å². The molecule has 1 unspecified atom stereocenters. The first-order valence-corrected chi connectivity index (χ1v) is 5.15. The summed E-state index contributed by atoms with van der Waals surface area (Å²) in [7, 11) is 0. The van der Waals surface area contributed by atoms with Crippen molar-refractivity contribution in [1.82, 2.24) is 0 Å². The second kappa shape index (κ2) is 5.82. The summed E-state index contributed by atoms with van der Waals surface area (Å²) in [5.74, 6) is 0. The Morgan fingerprint density at radius 3 is 2.88 bits per heavy atom. The third-order valence-electron chi connectivity index (χ3n) is 2.30. The number of nitrogens with one attached hydrogen (secondary N) is 1. The normalized spacial score (nSPS) is 11.6. The van der Waals surface area contributed by atoms with Gasteiger partial charge in [-0.15, -0.1) is 0 Å². The van der Waals surface area contributed by atoms with E-state index < -0.39 is 4.92 Å². The zero-order valence-electron chi connectivity index (χ0n) is 9.38. The van der Waals surface area contributed by atoms with Crippen LogP contribution in [0.3, 0.4) is 0 Å². The van der Waals surface area contributed by atoms with Crippen LogP contribution >= 0.6 is 0 Å². The lowest BCUT2D eigenvalue weighted by Crippen LogP contribution is -2.17. The fourth-order valence-corrected chi connectivity index (χ4v) is 1.48. The molecular formula is C11H13N3O3. The Kier molecular flexibility index (Phi) is 4.43. The van der Waals surface area contributed by atoms with Gasteiger partial charge in [0.2, 0.25) is 0 Å². The number of aliphatic hydroxyl groups is 1. The van der Waals surface area contributed by atoms with E-state index in [2.05, 4.69) is 5.32 Å². The standard InChI is InChI=1S/C11H13N3O3/c1-8(5-6-15)13-10-4-2-3-9(7-12)11(10)14(16)17/h2-4,8,13,15H,5-6H2,1H3. The van der Waals surface area contributed by atoms with Crippen molar-refractivity contribution in [3.63, 3.8) is 0 Å². The summed E-state index contributed by atoms with van der Waals surface area (Å²) in [6.07, 6.45) is 0.480. The van der Waals surface area contributed by atoms with Crippen molar-refractivity contribution in [2.24, 2.45) is 0 Å². The molecule has 1 aromatic rings. The lowest BCUT2D eigenvalue weighted by atomic mass is 10.1. The Morgan fingerprint density at radius 2 is 2.35 bits per heavy atom. The molecule has 17 heavy (non-hydrogen) atoms. The van der Waals surface area contributed by atoms with E-state index in [1.165, 1.54) is 6.07 Å². The van der Waals surface area contributed by atoms with E-state index >= 15 is 0 Å². The molecule has 1 aromatic carbocycles. The molecule has 1 atom stereocenters. The zero-order valence-corrected chi connectivity index (χ0v) is 9.38. The van der Waals surface area contributed by atoms with Crippen LogP contribution < -0.4 is 5.32 Å². The molecule has 0 saturated carbocycles. The van der Waals surface area contributed by atoms with E-state index in [9.17, 15) is 10.1 Å². The van der Waals surface area contributed by atoms with Gasteiger partial charge in [-0.2, -0.15) is 5.26 Å². The van der Waals surface area contributed by atoms with Gasteiger partial charge >= 0.3 is 5.69 Å². The van der Waals surface area contributed by atoms with Gasteiger partial charge in [0.1, 0.15) is 17.3 Å². The molecule has 6 heteroatoms. The Bertz CT molecular complexity index is 454. The number of nitro benzene ring substituents is 1. The zero-order chi connectivity index (χ0) is 12.8. The summed E-state index contributed by atoms with van der Waals surface area (Å²) in [5.41, 5.74) is 0.103. The third kappa shape index (κ3) is 3.16. The molecule has 0 aliphatic heterocycles. The van der Waals surface area contributed by atoms with E-state index in [0.717, 1.165) is 0 Å². The van der Waals surface area contributed by atoms with Crippen LogP contribution in [0.15, 0.2) is 18.2 Å². The van der Waals surface area contributed by atoms with Crippen LogP contribution in [0, 0.1) is 21.4 Å². The maximum atomic E-state index is 10.9. The average Bonchev–Trinajstić information content (AvgIpc) is 2.28. The molecule has 0 saturated heterocycles.